The second-order valence-corrected chi connectivity index (χ2v) is 5.61. The number of aromatic nitrogens is 1. The molecule has 1 aromatic heterocycles. The lowest BCUT2D eigenvalue weighted by Gasteiger charge is -2.21. The Kier molecular flexibility index (Phi) is 6.25. The lowest BCUT2D eigenvalue weighted by atomic mass is 10.2. The fraction of sp³-hybridized carbons (Fsp3) is 0.294. The Morgan fingerprint density at radius 2 is 1.96 bits per heavy atom. The number of nitrogens with zero attached hydrogens (tertiary/aromatic N) is 2. The molecule has 0 unspecified atom stereocenters. The molecule has 0 aliphatic carbocycles. The first-order valence-corrected chi connectivity index (χ1v) is 7.86. The molecule has 0 saturated carbocycles. The maximum Gasteiger partial charge on any atom is 0.422 e. The predicted octanol–water partition coefficient (Wildman–Crippen LogP) is 4.34. The van der Waals surface area contributed by atoms with Crippen LogP contribution in [-0.2, 0) is 6.54 Å². The first kappa shape index (κ1) is 19.1. The molecule has 2 aromatic rings. The highest BCUT2D eigenvalue weighted by Crippen LogP contribution is 2.20. The van der Waals surface area contributed by atoms with Crippen molar-refractivity contribution in [3.63, 3.8) is 0 Å². The number of pyridine rings is 1. The Morgan fingerprint density at radius 1 is 1.24 bits per heavy atom. The maximum atomic E-state index is 12.5. The van der Waals surface area contributed by atoms with Crippen molar-refractivity contribution < 1.29 is 22.7 Å². The standard InChI is InChI=1S/C17H16ClF3N2O2/c1-2-23(10-13-5-3-4-6-14(13)18)16(24)12-7-8-15(22-9-12)25-11-17(19,20)21/h3-9H,2,10-11H2,1H3. The van der Waals surface area contributed by atoms with E-state index in [1.807, 2.05) is 19.1 Å². The third-order valence-electron chi connectivity index (χ3n) is 3.35. The Hall–Kier alpha value is -2.28. The van der Waals surface area contributed by atoms with Gasteiger partial charge in [-0.2, -0.15) is 13.2 Å². The molecule has 0 saturated heterocycles. The van der Waals surface area contributed by atoms with Gasteiger partial charge in [-0.15, -0.1) is 0 Å². The van der Waals surface area contributed by atoms with Gasteiger partial charge in [-0.25, -0.2) is 4.98 Å². The summed E-state index contributed by atoms with van der Waals surface area (Å²) in [5.74, 6) is -0.486. The van der Waals surface area contributed by atoms with Crippen molar-refractivity contribution in [3.05, 3.63) is 58.7 Å². The number of benzene rings is 1. The van der Waals surface area contributed by atoms with Gasteiger partial charge in [-0.3, -0.25) is 4.79 Å². The van der Waals surface area contributed by atoms with E-state index in [-0.39, 0.29) is 17.4 Å². The van der Waals surface area contributed by atoms with Crippen LogP contribution in [0.1, 0.15) is 22.8 Å². The van der Waals surface area contributed by atoms with Crippen LogP contribution < -0.4 is 4.74 Å². The van der Waals surface area contributed by atoms with Gasteiger partial charge in [0, 0.05) is 30.4 Å². The summed E-state index contributed by atoms with van der Waals surface area (Å²) in [6.07, 6.45) is -3.24. The van der Waals surface area contributed by atoms with Gasteiger partial charge in [-0.05, 0) is 24.6 Å². The number of carbonyl (C=O) groups is 1. The lowest BCUT2D eigenvalue weighted by Crippen LogP contribution is -2.30. The van der Waals surface area contributed by atoms with Crippen LogP contribution in [0.5, 0.6) is 5.88 Å². The van der Waals surface area contributed by atoms with Crippen molar-refractivity contribution >= 4 is 17.5 Å². The lowest BCUT2D eigenvalue weighted by molar-refractivity contribution is -0.154. The van der Waals surface area contributed by atoms with Crippen LogP contribution in [0.3, 0.4) is 0 Å². The van der Waals surface area contributed by atoms with Crippen molar-refractivity contribution in [1.82, 2.24) is 9.88 Å². The average molecular weight is 373 g/mol. The summed E-state index contributed by atoms with van der Waals surface area (Å²) in [6, 6.07) is 9.81. The second-order valence-electron chi connectivity index (χ2n) is 5.20. The highest BCUT2D eigenvalue weighted by molar-refractivity contribution is 6.31. The first-order valence-electron chi connectivity index (χ1n) is 7.48. The van der Waals surface area contributed by atoms with Crippen molar-refractivity contribution in [1.29, 1.82) is 0 Å². The van der Waals surface area contributed by atoms with E-state index in [9.17, 15) is 18.0 Å². The Balaban J connectivity index is 2.06. The summed E-state index contributed by atoms with van der Waals surface area (Å²) in [6.45, 7) is 1.15. The number of ether oxygens (including phenoxy) is 1. The van der Waals surface area contributed by atoms with Gasteiger partial charge in [0.2, 0.25) is 5.88 Å². The molecule has 0 N–H and O–H groups in total. The zero-order valence-corrected chi connectivity index (χ0v) is 14.1. The zero-order chi connectivity index (χ0) is 18.4. The van der Waals surface area contributed by atoms with E-state index >= 15 is 0 Å². The Labute approximate surface area is 148 Å². The summed E-state index contributed by atoms with van der Waals surface area (Å²) in [5.41, 5.74) is 1.06. The molecule has 0 aliphatic rings. The Bertz CT molecular complexity index is 721. The summed E-state index contributed by atoms with van der Waals surface area (Å²) in [4.78, 5) is 17.9. The number of alkyl halides is 3. The molecule has 0 spiro atoms. The third kappa shape index (κ3) is 5.63. The van der Waals surface area contributed by atoms with Gasteiger partial charge in [0.15, 0.2) is 6.61 Å². The molecule has 0 fully saturated rings. The molecule has 0 aliphatic heterocycles. The van der Waals surface area contributed by atoms with E-state index in [2.05, 4.69) is 9.72 Å². The van der Waals surface area contributed by atoms with Crippen molar-refractivity contribution in [2.45, 2.75) is 19.6 Å². The summed E-state index contributed by atoms with van der Waals surface area (Å²) < 4.78 is 40.9. The Morgan fingerprint density at radius 3 is 2.52 bits per heavy atom. The van der Waals surface area contributed by atoms with E-state index < -0.39 is 12.8 Å². The minimum atomic E-state index is -4.44. The van der Waals surface area contributed by atoms with E-state index in [0.29, 0.717) is 18.1 Å². The minimum absolute atomic E-state index is 0.192. The van der Waals surface area contributed by atoms with Crippen LogP contribution in [0, 0.1) is 0 Å². The van der Waals surface area contributed by atoms with Gasteiger partial charge in [-0.1, -0.05) is 29.8 Å². The van der Waals surface area contributed by atoms with Gasteiger partial charge in [0.25, 0.3) is 5.91 Å². The number of hydrogen-bond donors (Lipinski definition) is 0. The van der Waals surface area contributed by atoms with E-state index in [0.717, 1.165) is 5.56 Å². The van der Waals surface area contributed by atoms with Gasteiger partial charge >= 0.3 is 6.18 Å². The summed E-state index contributed by atoms with van der Waals surface area (Å²) in [5, 5.41) is 0.558. The normalized spacial score (nSPS) is 11.2. The predicted molar refractivity (Wildman–Crippen MR) is 87.7 cm³/mol. The summed E-state index contributed by atoms with van der Waals surface area (Å²) >= 11 is 6.11. The molecule has 8 heteroatoms. The maximum absolute atomic E-state index is 12.5. The molecule has 1 aromatic carbocycles. The highest BCUT2D eigenvalue weighted by atomic mass is 35.5. The minimum Gasteiger partial charge on any atom is -0.468 e. The smallest absolute Gasteiger partial charge is 0.422 e. The average Bonchev–Trinajstić information content (AvgIpc) is 2.58. The number of carbonyl (C=O) groups excluding carboxylic acids is 1. The fourth-order valence-corrected chi connectivity index (χ4v) is 2.29. The van der Waals surface area contributed by atoms with Gasteiger partial charge in [0.1, 0.15) is 0 Å². The van der Waals surface area contributed by atoms with Crippen molar-refractivity contribution in [2.24, 2.45) is 0 Å². The fourth-order valence-electron chi connectivity index (χ4n) is 2.09. The van der Waals surface area contributed by atoms with Crippen molar-refractivity contribution in [2.75, 3.05) is 13.2 Å². The largest absolute Gasteiger partial charge is 0.468 e. The van der Waals surface area contributed by atoms with E-state index in [1.165, 1.54) is 18.3 Å². The number of rotatable bonds is 6. The number of hydrogen-bond acceptors (Lipinski definition) is 3. The van der Waals surface area contributed by atoms with Gasteiger partial charge < -0.3 is 9.64 Å². The summed E-state index contributed by atoms with van der Waals surface area (Å²) in [7, 11) is 0. The molecular formula is C17H16ClF3N2O2. The molecule has 4 nitrogen and oxygen atoms in total. The number of halogens is 4. The molecule has 0 radical (unpaired) electrons. The van der Waals surface area contributed by atoms with Crippen LogP contribution in [-0.4, -0.2) is 35.1 Å². The molecular weight excluding hydrogens is 357 g/mol. The third-order valence-corrected chi connectivity index (χ3v) is 3.72. The van der Waals surface area contributed by atoms with Crippen LogP contribution in [0.25, 0.3) is 0 Å². The molecule has 1 amide bonds. The van der Waals surface area contributed by atoms with Crippen LogP contribution in [0.2, 0.25) is 5.02 Å². The molecule has 0 atom stereocenters. The topological polar surface area (TPSA) is 42.4 Å². The monoisotopic (exact) mass is 372 g/mol. The SMILES string of the molecule is CCN(Cc1ccccc1Cl)C(=O)c1ccc(OCC(F)(F)F)nc1. The van der Waals surface area contributed by atoms with Crippen molar-refractivity contribution in [3.8, 4) is 5.88 Å². The zero-order valence-electron chi connectivity index (χ0n) is 13.4. The van der Waals surface area contributed by atoms with E-state index in [4.69, 9.17) is 11.6 Å². The highest BCUT2D eigenvalue weighted by Gasteiger charge is 2.28. The number of amides is 1. The quantitative estimate of drug-likeness (QED) is 0.757. The molecule has 25 heavy (non-hydrogen) atoms. The first-order chi connectivity index (χ1) is 11.8. The van der Waals surface area contributed by atoms with Crippen LogP contribution in [0.15, 0.2) is 42.6 Å². The molecule has 1 heterocycles. The molecule has 2 rings (SSSR count). The second kappa shape index (κ2) is 8.20. The molecule has 134 valence electrons. The van der Waals surface area contributed by atoms with Gasteiger partial charge in [0.05, 0.1) is 5.56 Å². The van der Waals surface area contributed by atoms with E-state index in [1.54, 1.807) is 17.0 Å². The van der Waals surface area contributed by atoms with Crippen LogP contribution >= 0.6 is 11.6 Å². The van der Waals surface area contributed by atoms with Crippen LogP contribution in [0.4, 0.5) is 13.2 Å². The molecule has 0 bridgehead atoms.